The van der Waals surface area contributed by atoms with E-state index in [1.54, 1.807) is 0 Å². The molecule has 5 aliphatic heterocycles. The van der Waals surface area contributed by atoms with Crippen molar-refractivity contribution >= 4 is 17.7 Å². The maximum absolute atomic E-state index is 11.8. The quantitative estimate of drug-likeness (QED) is 0.373. The average Bonchev–Trinajstić information content (AvgIpc) is 3.74. The fraction of sp³-hybridized carbons (Fsp3) is 0.727. The lowest BCUT2D eigenvalue weighted by Gasteiger charge is -2.29. The minimum Gasteiger partial charge on any atom is -0.465 e. The Kier molecular flexibility index (Phi) is 9.87. The van der Waals surface area contributed by atoms with E-state index >= 15 is 0 Å². The smallest absolute Gasteiger partial charge is 0.306 e. The van der Waals surface area contributed by atoms with E-state index in [9.17, 15) is 19.5 Å². The Bertz CT molecular complexity index is 1200. The highest BCUT2D eigenvalue weighted by atomic mass is 16.6. The van der Waals surface area contributed by atoms with Crippen molar-refractivity contribution < 1.29 is 43.5 Å². The zero-order valence-corrected chi connectivity index (χ0v) is 26.4. The molecule has 0 aromatic heterocycles. The first kappa shape index (κ1) is 32.6. The zero-order chi connectivity index (χ0) is 31.2. The van der Waals surface area contributed by atoms with Gasteiger partial charge in [0.05, 0.1) is 37.4 Å². The molecule has 0 spiro atoms. The van der Waals surface area contributed by atoms with Gasteiger partial charge in [-0.25, -0.2) is 0 Å². The van der Waals surface area contributed by atoms with Gasteiger partial charge in [0.15, 0.2) is 5.78 Å². The number of fused-ring (bicyclic) bond motifs is 5. The molecular formula is C33H48O9. The second-order valence-electron chi connectivity index (χ2n) is 12.9. The Labute approximate surface area is 249 Å². The highest BCUT2D eigenvalue weighted by molar-refractivity contribution is 5.99. The normalized spacial score (nSPS) is 39.6. The van der Waals surface area contributed by atoms with E-state index in [1.165, 1.54) is 29.2 Å². The molecule has 11 atom stereocenters. The molecule has 0 aromatic rings. The Hall–Kier alpha value is -2.33. The molecule has 6 aliphatic rings. The largest absolute Gasteiger partial charge is 0.465 e. The molecule has 0 aromatic carbocycles. The molecule has 0 radical (unpaired) electrons. The highest BCUT2D eigenvalue weighted by Gasteiger charge is 2.51. The third-order valence-corrected chi connectivity index (χ3v) is 10.8. The molecule has 9 heteroatoms. The number of hydrogen-bond acceptors (Lipinski definition) is 9. The summed E-state index contributed by atoms with van der Waals surface area (Å²) in [4.78, 5) is 33.7. The summed E-state index contributed by atoms with van der Waals surface area (Å²) in [5, 5.41) is 18.5. The zero-order valence-electron chi connectivity index (χ0n) is 26.4. The maximum atomic E-state index is 11.8. The van der Waals surface area contributed by atoms with E-state index < -0.39 is 0 Å². The van der Waals surface area contributed by atoms with Gasteiger partial charge in [-0.15, -0.1) is 0 Å². The van der Waals surface area contributed by atoms with Crippen LogP contribution in [0.4, 0.5) is 0 Å². The number of esters is 2. The Morgan fingerprint density at radius 3 is 1.79 bits per heavy atom. The fourth-order valence-corrected chi connectivity index (χ4v) is 7.64. The first-order valence-electron chi connectivity index (χ1n) is 15.2. The van der Waals surface area contributed by atoms with Gasteiger partial charge >= 0.3 is 11.9 Å². The van der Waals surface area contributed by atoms with Crippen molar-refractivity contribution in [3.63, 3.8) is 0 Å². The topological polar surface area (TPSA) is 129 Å². The standard InChI is InChI=1S/C12H18O4.C11H14O3.C10H16O2/c1-6-7(2)12-10(5-15-8(3)14)9(4-13)11(6)16-12;1-5-6(2)11-8(4-9(12)14-11)7(3)10(5)13;1-5-6(2)10-8(4-11)7(3)9(5)12-10/h9-13H,4-5H2,1-3H3;7-8,11H,4H2,1-3H3;7-11H,4H2,1-3H3/t9?,10?,11-,12+;;7?,8?,9-,10+/m0.1/s1. The van der Waals surface area contributed by atoms with Crippen LogP contribution in [0.2, 0.25) is 0 Å². The molecule has 5 heterocycles. The molecule has 3 saturated heterocycles. The van der Waals surface area contributed by atoms with Gasteiger partial charge in [-0.3, -0.25) is 14.4 Å². The fourth-order valence-electron chi connectivity index (χ4n) is 7.64. The van der Waals surface area contributed by atoms with Gasteiger partial charge in [0.25, 0.3) is 0 Å². The Morgan fingerprint density at radius 2 is 1.26 bits per heavy atom. The maximum Gasteiger partial charge on any atom is 0.306 e. The lowest BCUT2D eigenvalue weighted by atomic mass is 9.74. The summed E-state index contributed by atoms with van der Waals surface area (Å²) < 4.78 is 21.9. The van der Waals surface area contributed by atoms with Crippen molar-refractivity contribution in [2.45, 2.75) is 99.3 Å². The Morgan fingerprint density at radius 1 is 0.762 bits per heavy atom. The van der Waals surface area contributed by atoms with Crippen LogP contribution in [0, 0.1) is 35.5 Å². The van der Waals surface area contributed by atoms with Crippen LogP contribution >= 0.6 is 0 Å². The van der Waals surface area contributed by atoms with Crippen LogP contribution in [-0.2, 0) is 33.3 Å². The second-order valence-corrected chi connectivity index (χ2v) is 12.9. The first-order valence-corrected chi connectivity index (χ1v) is 15.2. The molecule has 6 rings (SSSR count). The molecule has 2 N–H and O–H groups in total. The van der Waals surface area contributed by atoms with Crippen LogP contribution in [-0.4, -0.2) is 78.3 Å². The van der Waals surface area contributed by atoms with Crippen LogP contribution < -0.4 is 0 Å². The van der Waals surface area contributed by atoms with Crippen molar-refractivity contribution in [3.8, 4) is 0 Å². The highest BCUT2D eigenvalue weighted by Crippen LogP contribution is 2.47. The predicted molar refractivity (Wildman–Crippen MR) is 155 cm³/mol. The molecule has 42 heavy (non-hydrogen) atoms. The molecule has 9 nitrogen and oxygen atoms in total. The van der Waals surface area contributed by atoms with Gasteiger partial charge in [0.2, 0.25) is 0 Å². The van der Waals surface area contributed by atoms with Gasteiger partial charge in [0.1, 0.15) is 6.10 Å². The molecule has 0 amide bonds. The molecule has 7 unspecified atom stereocenters. The SMILES string of the molecule is CC(=O)OCC1C(CO)[C@H]2O[C@@H]1C(C)=C2C.CC1=C(C)C2OC(=O)CC2C(C)C1=O.CC1=C(C)[C@@H]2O[C@H]1C(C)C2CO. The van der Waals surface area contributed by atoms with Gasteiger partial charge < -0.3 is 29.2 Å². The second kappa shape index (κ2) is 12.7. The number of ketones is 1. The van der Waals surface area contributed by atoms with Crippen molar-refractivity contribution in [2.24, 2.45) is 35.5 Å². The number of ether oxygens (including phenoxy) is 4. The van der Waals surface area contributed by atoms with Crippen LogP contribution in [0.3, 0.4) is 0 Å². The molecular weight excluding hydrogens is 540 g/mol. The number of carbonyl (C=O) groups is 3. The lowest BCUT2D eigenvalue weighted by Crippen LogP contribution is -2.35. The number of aliphatic hydroxyl groups is 2. The summed E-state index contributed by atoms with van der Waals surface area (Å²) in [7, 11) is 0. The molecule has 1 aliphatic carbocycles. The van der Waals surface area contributed by atoms with E-state index in [0.717, 1.165) is 11.1 Å². The van der Waals surface area contributed by atoms with E-state index in [2.05, 4.69) is 20.8 Å². The summed E-state index contributed by atoms with van der Waals surface area (Å²) in [6.07, 6.45) is 0.761. The van der Waals surface area contributed by atoms with Crippen molar-refractivity contribution in [1.82, 2.24) is 0 Å². The summed E-state index contributed by atoms with van der Waals surface area (Å²) in [5.41, 5.74) is 6.89. The van der Waals surface area contributed by atoms with Crippen molar-refractivity contribution in [1.29, 1.82) is 0 Å². The summed E-state index contributed by atoms with van der Waals surface area (Å²) in [6, 6.07) is 0. The van der Waals surface area contributed by atoms with Gasteiger partial charge in [-0.2, -0.15) is 0 Å². The number of allylic oxidation sites excluding steroid dienone is 1. The lowest BCUT2D eigenvalue weighted by molar-refractivity contribution is -0.143. The molecule has 4 bridgehead atoms. The number of aliphatic hydroxyl groups excluding tert-OH is 2. The van der Waals surface area contributed by atoms with Crippen LogP contribution in [0.15, 0.2) is 33.4 Å². The van der Waals surface area contributed by atoms with E-state index in [4.69, 9.17) is 24.1 Å². The van der Waals surface area contributed by atoms with Gasteiger partial charge in [0, 0.05) is 49.7 Å². The van der Waals surface area contributed by atoms with E-state index in [1.807, 2.05) is 34.6 Å². The minimum atomic E-state index is -0.280. The number of carbonyl (C=O) groups excluding carboxylic acids is 3. The molecule has 0 saturated carbocycles. The van der Waals surface area contributed by atoms with Gasteiger partial charge in [-0.05, 0) is 80.9 Å². The van der Waals surface area contributed by atoms with Crippen molar-refractivity contribution in [2.75, 3.05) is 19.8 Å². The van der Waals surface area contributed by atoms with Crippen LogP contribution in [0.1, 0.15) is 68.7 Å². The van der Waals surface area contributed by atoms with Crippen LogP contribution in [0.25, 0.3) is 0 Å². The monoisotopic (exact) mass is 588 g/mol. The third kappa shape index (κ3) is 5.65. The molecule has 3 fully saturated rings. The summed E-state index contributed by atoms with van der Waals surface area (Å²) in [6.45, 7) is 18.2. The number of Topliss-reactive ketones (excluding diaryl/α,β-unsaturated/α-hetero) is 1. The summed E-state index contributed by atoms with van der Waals surface area (Å²) in [5.74, 6) is 0.695. The first-order chi connectivity index (χ1) is 19.7. The summed E-state index contributed by atoms with van der Waals surface area (Å²) >= 11 is 0. The Balaban J connectivity index is 0.000000146. The van der Waals surface area contributed by atoms with Gasteiger partial charge in [-0.1, -0.05) is 13.8 Å². The van der Waals surface area contributed by atoms with Crippen LogP contribution in [0.5, 0.6) is 0 Å². The average molecular weight is 589 g/mol. The molecule has 234 valence electrons. The van der Waals surface area contributed by atoms with E-state index in [-0.39, 0.29) is 85.1 Å². The number of rotatable bonds is 4. The number of hydrogen-bond donors (Lipinski definition) is 2. The minimum absolute atomic E-state index is 0.00978. The van der Waals surface area contributed by atoms with Crippen molar-refractivity contribution in [3.05, 3.63) is 33.4 Å². The predicted octanol–water partition coefficient (Wildman–Crippen LogP) is 3.71. The third-order valence-electron chi connectivity index (χ3n) is 10.8. The van der Waals surface area contributed by atoms with E-state index in [0.29, 0.717) is 24.9 Å².